The van der Waals surface area contributed by atoms with Crippen molar-refractivity contribution in [1.29, 1.82) is 0 Å². The monoisotopic (exact) mass is 484 g/mol. The Labute approximate surface area is 193 Å². The first-order valence-corrected chi connectivity index (χ1v) is 12.1. The molecular weight excluding hydrogens is 455 g/mol. The smallest absolute Gasteiger partial charge is 0.309 e. The van der Waals surface area contributed by atoms with Gasteiger partial charge >= 0.3 is 11.9 Å². The quantitative estimate of drug-likeness (QED) is 0.492. The number of hydrogen-bond donors (Lipinski definition) is 0. The van der Waals surface area contributed by atoms with E-state index in [4.69, 9.17) is 14.2 Å². The number of hydrogen-bond acceptors (Lipinski definition) is 8. The lowest BCUT2D eigenvalue weighted by molar-refractivity contribution is -0.154. The molecule has 11 heteroatoms. The van der Waals surface area contributed by atoms with Gasteiger partial charge in [-0.05, 0) is 50.7 Å². The Morgan fingerprint density at radius 1 is 1.21 bits per heavy atom. The van der Waals surface area contributed by atoms with Crippen LogP contribution in [-0.4, -0.2) is 62.1 Å². The molecule has 182 valence electrons. The van der Waals surface area contributed by atoms with Gasteiger partial charge in [0.05, 0.1) is 25.6 Å². The number of rotatable bonds is 9. The molecule has 2 fully saturated rings. The van der Waals surface area contributed by atoms with Crippen LogP contribution in [0.3, 0.4) is 0 Å². The summed E-state index contributed by atoms with van der Waals surface area (Å²) in [7, 11) is -2.42. The molecule has 3 atom stereocenters. The summed E-state index contributed by atoms with van der Waals surface area (Å²) in [6, 6.07) is 2.77. The lowest BCUT2D eigenvalue weighted by Crippen LogP contribution is -2.32. The molecule has 0 bridgehead atoms. The second-order valence-electron chi connectivity index (χ2n) is 9.17. The number of piperidine rings is 1. The summed E-state index contributed by atoms with van der Waals surface area (Å²) in [5.41, 5.74) is -0.367. The van der Waals surface area contributed by atoms with E-state index in [0.29, 0.717) is 6.33 Å². The van der Waals surface area contributed by atoms with Crippen LogP contribution in [0.1, 0.15) is 33.6 Å². The Hall–Kier alpha value is -2.53. The van der Waals surface area contributed by atoms with Crippen LogP contribution in [-0.2, 0) is 29.1 Å². The van der Waals surface area contributed by atoms with Crippen molar-refractivity contribution < 1.29 is 36.6 Å². The number of aromatic nitrogens is 1. The van der Waals surface area contributed by atoms with Crippen molar-refractivity contribution in [3.8, 4) is 5.88 Å². The fourth-order valence-corrected chi connectivity index (χ4v) is 5.36. The zero-order chi connectivity index (χ0) is 24.4. The van der Waals surface area contributed by atoms with Crippen LogP contribution >= 0.6 is 0 Å². The van der Waals surface area contributed by atoms with E-state index in [1.54, 1.807) is 20.8 Å². The van der Waals surface area contributed by atoms with Gasteiger partial charge < -0.3 is 14.2 Å². The topological polar surface area (TPSA) is 112 Å². The Morgan fingerprint density at radius 2 is 1.88 bits per heavy atom. The van der Waals surface area contributed by atoms with Gasteiger partial charge in [0.15, 0.2) is 0 Å². The summed E-state index contributed by atoms with van der Waals surface area (Å²) >= 11 is 0. The molecule has 0 aromatic carbocycles. The average Bonchev–Trinajstić information content (AvgIpc) is 3.24. The number of methoxy groups -OCH3 is 1. The van der Waals surface area contributed by atoms with Crippen LogP contribution in [0.4, 0.5) is 4.39 Å². The number of esters is 2. The maximum absolute atomic E-state index is 13.1. The minimum atomic E-state index is -3.74. The Bertz CT molecular complexity index is 1010. The van der Waals surface area contributed by atoms with Crippen molar-refractivity contribution in [3.63, 3.8) is 0 Å². The van der Waals surface area contributed by atoms with Crippen molar-refractivity contribution in [2.45, 2.75) is 44.1 Å². The van der Waals surface area contributed by atoms with E-state index in [2.05, 4.69) is 4.98 Å². The van der Waals surface area contributed by atoms with Crippen LogP contribution < -0.4 is 4.74 Å². The number of sulfonamides is 1. The second-order valence-corrected chi connectivity index (χ2v) is 11.1. The summed E-state index contributed by atoms with van der Waals surface area (Å²) in [4.78, 5) is 27.4. The molecule has 1 saturated heterocycles. The van der Waals surface area contributed by atoms with Gasteiger partial charge in [0.2, 0.25) is 15.9 Å². The summed E-state index contributed by atoms with van der Waals surface area (Å²) in [5.74, 6) is -0.835. The minimum Gasteiger partial charge on any atom is -0.473 e. The van der Waals surface area contributed by atoms with Crippen molar-refractivity contribution >= 4 is 22.0 Å². The molecule has 33 heavy (non-hydrogen) atoms. The molecule has 1 unspecified atom stereocenters. The van der Waals surface area contributed by atoms with E-state index < -0.39 is 21.6 Å². The number of carbonyl (C=O) groups is 2. The van der Waals surface area contributed by atoms with Gasteiger partial charge in [-0.25, -0.2) is 17.8 Å². The predicted octanol–water partition coefficient (Wildman–Crippen LogP) is 2.48. The number of carbonyl (C=O) groups excluding carboxylic acids is 2. The fourth-order valence-electron chi connectivity index (χ4n) is 3.90. The summed E-state index contributed by atoms with van der Waals surface area (Å²) < 4.78 is 55.5. The maximum atomic E-state index is 13.1. The largest absolute Gasteiger partial charge is 0.473 e. The molecule has 0 N–H and O–H groups in total. The van der Waals surface area contributed by atoms with Crippen molar-refractivity contribution in [3.05, 3.63) is 30.2 Å². The molecule has 0 spiro atoms. The first-order chi connectivity index (χ1) is 15.5. The van der Waals surface area contributed by atoms with Crippen LogP contribution in [0.2, 0.25) is 0 Å². The van der Waals surface area contributed by atoms with Crippen LogP contribution in [0.5, 0.6) is 5.88 Å². The maximum Gasteiger partial charge on any atom is 0.309 e. The molecule has 9 nitrogen and oxygen atoms in total. The standard InChI is InChI=1S/C22H29FN2O7S/c1-22(2,3)32-19(26)8-5-14(9-23)13-31-18-7-6-15(10-24-18)33(28,29)25-11-16-17(12-25)20(16)21(27)30-4/h6-7,9-10,16-17,20H,5,8,11-13H2,1-4H3/t16-,17+,20?. The third kappa shape index (κ3) is 6.08. The first-order valence-electron chi connectivity index (χ1n) is 10.6. The number of pyridine rings is 1. The zero-order valence-electron chi connectivity index (χ0n) is 19.1. The van der Waals surface area contributed by atoms with Gasteiger partial charge in [-0.1, -0.05) is 0 Å². The normalized spacial score (nSPS) is 23.1. The van der Waals surface area contributed by atoms with Crippen LogP contribution in [0.15, 0.2) is 35.1 Å². The SMILES string of the molecule is COC(=O)C1[C@H]2CN(S(=O)(=O)c3ccc(OCC(=CF)CCC(=O)OC(C)(C)C)nc3)C[C@@H]12. The van der Waals surface area contributed by atoms with Gasteiger partial charge in [-0.3, -0.25) is 9.59 Å². The molecule has 2 aliphatic rings. The van der Waals surface area contributed by atoms with Gasteiger partial charge in [0.25, 0.3) is 0 Å². The van der Waals surface area contributed by atoms with Crippen molar-refractivity contribution in [2.75, 3.05) is 26.8 Å². The molecule has 3 rings (SSSR count). The lowest BCUT2D eigenvalue weighted by atomic mass is 10.1. The number of nitrogens with zero attached hydrogens (tertiary/aromatic N) is 2. The van der Waals surface area contributed by atoms with Crippen LogP contribution in [0, 0.1) is 17.8 Å². The van der Waals surface area contributed by atoms with E-state index in [9.17, 15) is 22.4 Å². The highest BCUT2D eigenvalue weighted by Gasteiger charge is 2.62. The predicted molar refractivity (Wildman–Crippen MR) is 115 cm³/mol. The third-order valence-corrected chi connectivity index (χ3v) is 7.43. The summed E-state index contributed by atoms with van der Waals surface area (Å²) in [6.45, 7) is 5.66. The molecular formula is C22H29FN2O7S. The summed E-state index contributed by atoms with van der Waals surface area (Å²) in [5, 5.41) is 0. The molecule has 1 aliphatic heterocycles. The Balaban J connectivity index is 1.50. The van der Waals surface area contributed by atoms with E-state index >= 15 is 0 Å². The molecule has 1 aromatic heterocycles. The highest BCUT2D eigenvalue weighted by atomic mass is 32.2. The van der Waals surface area contributed by atoms with Gasteiger partial charge in [0.1, 0.15) is 17.1 Å². The zero-order valence-corrected chi connectivity index (χ0v) is 19.9. The van der Waals surface area contributed by atoms with Gasteiger partial charge in [0, 0.05) is 25.6 Å². The fraction of sp³-hybridized carbons (Fsp3) is 0.591. The molecule has 0 amide bonds. The van der Waals surface area contributed by atoms with Gasteiger partial charge in [-0.15, -0.1) is 0 Å². The number of fused-ring (bicyclic) bond motifs is 1. The van der Waals surface area contributed by atoms with E-state index in [1.807, 2.05) is 0 Å². The number of halogens is 1. The molecule has 1 aliphatic carbocycles. The molecule has 0 radical (unpaired) electrons. The molecule has 1 saturated carbocycles. The minimum absolute atomic E-state index is 0.00520. The highest BCUT2D eigenvalue weighted by molar-refractivity contribution is 7.89. The average molecular weight is 485 g/mol. The third-order valence-electron chi connectivity index (χ3n) is 5.61. The van der Waals surface area contributed by atoms with E-state index in [-0.39, 0.29) is 72.6 Å². The number of ether oxygens (including phenoxy) is 3. The molecule has 2 heterocycles. The van der Waals surface area contributed by atoms with Crippen molar-refractivity contribution in [2.24, 2.45) is 17.8 Å². The first kappa shape index (κ1) is 25.1. The van der Waals surface area contributed by atoms with Crippen molar-refractivity contribution in [1.82, 2.24) is 9.29 Å². The molecule has 1 aromatic rings. The van der Waals surface area contributed by atoms with Gasteiger partial charge in [-0.2, -0.15) is 4.31 Å². The Morgan fingerprint density at radius 3 is 2.39 bits per heavy atom. The van der Waals surface area contributed by atoms with E-state index in [1.165, 1.54) is 29.7 Å². The van der Waals surface area contributed by atoms with E-state index in [0.717, 1.165) is 0 Å². The van der Waals surface area contributed by atoms with Crippen LogP contribution in [0.25, 0.3) is 0 Å². The lowest BCUT2D eigenvalue weighted by Gasteiger charge is -2.19. The second kappa shape index (κ2) is 9.76. The Kier molecular flexibility index (Phi) is 7.42. The highest BCUT2D eigenvalue weighted by Crippen LogP contribution is 2.53. The summed E-state index contributed by atoms with van der Waals surface area (Å²) in [6.07, 6.45) is 1.70.